The maximum atomic E-state index is 10.7. The maximum absolute atomic E-state index is 10.7. The third-order valence-corrected chi connectivity index (χ3v) is 1.01. The highest BCUT2D eigenvalue weighted by atomic mass is 16.1. The Bertz CT molecular complexity index is 144. The number of hydrogen-bond acceptors (Lipinski definition) is 2. The van der Waals surface area contributed by atoms with Gasteiger partial charge in [-0.2, -0.15) is 0 Å². The van der Waals surface area contributed by atoms with Crippen molar-refractivity contribution in [1.29, 1.82) is 0 Å². The van der Waals surface area contributed by atoms with Gasteiger partial charge < -0.3 is 5.32 Å². The molecule has 0 saturated heterocycles. The van der Waals surface area contributed by atoms with Crippen molar-refractivity contribution in [2.75, 3.05) is 6.54 Å². The second-order valence-electron chi connectivity index (χ2n) is 2.46. The summed E-state index contributed by atoms with van der Waals surface area (Å²) in [6.45, 7) is 4.37. The Hall–Kier alpha value is -0.810. The average Bonchev–Trinajstić information content (AvgIpc) is 1.85. The molecule has 2 heteroatoms. The molecule has 1 N–H and O–H groups in total. The Morgan fingerprint density at radius 2 is 2.30 bits per heavy atom. The van der Waals surface area contributed by atoms with Crippen LogP contribution in [0.2, 0.25) is 0 Å². The molecule has 0 spiro atoms. The number of terminal acetylenes is 1. The fraction of sp³-hybridized carbons (Fsp3) is 0.625. The van der Waals surface area contributed by atoms with Crippen LogP contribution in [0.25, 0.3) is 0 Å². The normalized spacial score (nSPS) is 9.40. The van der Waals surface area contributed by atoms with Gasteiger partial charge in [-0.15, -0.1) is 6.42 Å². The van der Waals surface area contributed by atoms with Crippen molar-refractivity contribution in [2.24, 2.45) is 0 Å². The highest BCUT2D eigenvalue weighted by molar-refractivity contribution is 5.82. The van der Waals surface area contributed by atoms with Crippen molar-refractivity contribution in [3.63, 3.8) is 0 Å². The van der Waals surface area contributed by atoms with Crippen LogP contribution in [0.15, 0.2) is 0 Å². The molecular formula is C8H13NO. The highest BCUT2D eigenvalue weighted by Gasteiger charge is 1.98. The molecule has 0 bridgehead atoms. The lowest BCUT2D eigenvalue weighted by atomic mass is 10.3. The number of rotatable bonds is 4. The summed E-state index contributed by atoms with van der Waals surface area (Å²) in [4.78, 5) is 10.7. The van der Waals surface area contributed by atoms with E-state index in [1.54, 1.807) is 0 Å². The molecule has 0 saturated carbocycles. The third kappa shape index (κ3) is 5.33. The number of Topliss-reactive ketones (excluding diaryl/α,β-unsaturated/α-hetero) is 1. The van der Waals surface area contributed by atoms with E-state index in [4.69, 9.17) is 6.42 Å². The van der Waals surface area contributed by atoms with Gasteiger partial charge in [0.05, 0.1) is 13.0 Å². The minimum Gasteiger partial charge on any atom is -0.308 e. The maximum Gasteiger partial charge on any atom is 0.158 e. The van der Waals surface area contributed by atoms with E-state index in [0.717, 1.165) is 0 Å². The minimum atomic E-state index is 0.0798. The van der Waals surface area contributed by atoms with Gasteiger partial charge in [0.15, 0.2) is 5.78 Å². The van der Waals surface area contributed by atoms with Gasteiger partial charge in [0.1, 0.15) is 0 Å². The topological polar surface area (TPSA) is 29.1 Å². The standard InChI is InChI=1S/C8H13NO/c1-4-5-8(10)6-9-7(2)3/h1,7,9H,5-6H2,2-3H3. The molecule has 0 unspecified atom stereocenters. The first-order valence-electron chi connectivity index (χ1n) is 3.35. The molecule has 0 aromatic heterocycles. The zero-order chi connectivity index (χ0) is 7.98. The van der Waals surface area contributed by atoms with Crippen LogP contribution in [0, 0.1) is 12.3 Å². The van der Waals surface area contributed by atoms with Gasteiger partial charge in [-0.05, 0) is 0 Å². The first kappa shape index (κ1) is 9.19. The van der Waals surface area contributed by atoms with Crippen molar-refractivity contribution in [3.05, 3.63) is 0 Å². The van der Waals surface area contributed by atoms with Gasteiger partial charge in [0.25, 0.3) is 0 Å². The Morgan fingerprint density at radius 3 is 2.70 bits per heavy atom. The summed E-state index contributed by atoms with van der Waals surface area (Å²) in [5, 5.41) is 2.98. The van der Waals surface area contributed by atoms with Crippen LogP contribution >= 0.6 is 0 Å². The summed E-state index contributed by atoms with van der Waals surface area (Å²) in [6.07, 6.45) is 5.17. The third-order valence-electron chi connectivity index (χ3n) is 1.01. The van der Waals surface area contributed by atoms with Crippen LogP contribution in [0.3, 0.4) is 0 Å². The van der Waals surface area contributed by atoms with E-state index in [1.165, 1.54) is 0 Å². The monoisotopic (exact) mass is 139 g/mol. The highest BCUT2D eigenvalue weighted by Crippen LogP contribution is 1.80. The van der Waals surface area contributed by atoms with E-state index in [0.29, 0.717) is 12.6 Å². The van der Waals surface area contributed by atoms with E-state index in [-0.39, 0.29) is 12.2 Å². The molecule has 10 heavy (non-hydrogen) atoms. The molecular weight excluding hydrogens is 126 g/mol. The van der Waals surface area contributed by atoms with Crippen LogP contribution in [0.4, 0.5) is 0 Å². The van der Waals surface area contributed by atoms with E-state index < -0.39 is 0 Å². The molecule has 56 valence electrons. The van der Waals surface area contributed by atoms with Crippen LogP contribution in [0.5, 0.6) is 0 Å². The van der Waals surface area contributed by atoms with Crippen molar-refractivity contribution in [2.45, 2.75) is 26.3 Å². The Kier molecular flexibility index (Phi) is 4.61. The van der Waals surface area contributed by atoms with Gasteiger partial charge in [0.2, 0.25) is 0 Å². The Labute approximate surface area is 62.0 Å². The van der Waals surface area contributed by atoms with Crippen molar-refractivity contribution in [3.8, 4) is 12.3 Å². The first-order valence-corrected chi connectivity index (χ1v) is 3.35. The largest absolute Gasteiger partial charge is 0.308 e. The van der Waals surface area contributed by atoms with E-state index >= 15 is 0 Å². The van der Waals surface area contributed by atoms with Crippen molar-refractivity contribution >= 4 is 5.78 Å². The molecule has 0 aliphatic rings. The van der Waals surface area contributed by atoms with Crippen LogP contribution in [0.1, 0.15) is 20.3 Å². The minimum absolute atomic E-state index is 0.0798. The molecule has 0 aliphatic heterocycles. The second kappa shape index (κ2) is 5.01. The Balaban J connectivity index is 3.33. The molecule has 0 atom stereocenters. The molecule has 0 amide bonds. The predicted molar refractivity (Wildman–Crippen MR) is 41.6 cm³/mol. The quantitative estimate of drug-likeness (QED) is 0.577. The second-order valence-corrected chi connectivity index (χ2v) is 2.46. The van der Waals surface area contributed by atoms with Gasteiger partial charge in [-0.1, -0.05) is 19.8 Å². The fourth-order valence-electron chi connectivity index (χ4n) is 0.494. The summed E-state index contributed by atoms with van der Waals surface area (Å²) in [7, 11) is 0. The van der Waals surface area contributed by atoms with Gasteiger partial charge in [-0.25, -0.2) is 0 Å². The predicted octanol–water partition coefficient (Wildman–Crippen LogP) is 0.577. The number of nitrogens with one attached hydrogen (secondary N) is 1. The van der Waals surface area contributed by atoms with Crippen LogP contribution < -0.4 is 5.32 Å². The lowest BCUT2D eigenvalue weighted by Gasteiger charge is -2.04. The zero-order valence-corrected chi connectivity index (χ0v) is 6.48. The van der Waals surface area contributed by atoms with E-state index in [1.807, 2.05) is 13.8 Å². The molecule has 0 radical (unpaired) electrons. The van der Waals surface area contributed by atoms with Gasteiger partial charge in [-0.3, -0.25) is 4.79 Å². The van der Waals surface area contributed by atoms with Crippen LogP contribution in [-0.4, -0.2) is 18.4 Å². The molecule has 0 rings (SSSR count). The first-order chi connectivity index (χ1) is 4.66. The molecule has 0 fully saturated rings. The van der Waals surface area contributed by atoms with E-state index in [9.17, 15) is 4.79 Å². The number of carbonyl (C=O) groups is 1. The summed E-state index contributed by atoms with van der Waals surface area (Å²) in [5.74, 6) is 2.38. The lowest BCUT2D eigenvalue weighted by Crippen LogP contribution is -2.28. The smallest absolute Gasteiger partial charge is 0.158 e. The van der Waals surface area contributed by atoms with Crippen molar-refractivity contribution in [1.82, 2.24) is 5.32 Å². The van der Waals surface area contributed by atoms with E-state index in [2.05, 4.69) is 11.2 Å². The summed E-state index contributed by atoms with van der Waals surface area (Å²) in [6, 6.07) is 0.349. The number of hydrogen-bond donors (Lipinski definition) is 1. The van der Waals surface area contributed by atoms with Gasteiger partial charge in [0, 0.05) is 6.04 Å². The zero-order valence-electron chi connectivity index (χ0n) is 6.48. The number of ketones is 1. The molecule has 0 aromatic rings. The summed E-state index contributed by atoms with van der Waals surface area (Å²) >= 11 is 0. The van der Waals surface area contributed by atoms with Crippen LogP contribution in [-0.2, 0) is 4.79 Å². The molecule has 0 aliphatic carbocycles. The average molecular weight is 139 g/mol. The SMILES string of the molecule is C#CCC(=O)CNC(C)C. The summed E-state index contributed by atoms with van der Waals surface area (Å²) in [5.41, 5.74) is 0. The summed E-state index contributed by atoms with van der Waals surface area (Å²) < 4.78 is 0. The molecule has 2 nitrogen and oxygen atoms in total. The lowest BCUT2D eigenvalue weighted by molar-refractivity contribution is -0.117. The van der Waals surface area contributed by atoms with Crippen molar-refractivity contribution < 1.29 is 4.79 Å². The molecule has 0 heterocycles. The van der Waals surface area contributed by atoms with Gasteiger partial charge >= 0.3 is 0 Å². The molecule has 0 aromatic carbocycles. The Morgan fingerprint density at radius 1 is 1.70 bits per heavy atom. The number of carbonyl (C=O) groups excluding carboxylic acids is 1. The fourth-order valence-corrected chi connectivity index (χ4v) is 0.494.